The zero-order valence-corrected chi connectivity index (χ0v) is 19.3. The third-order valence-corrected chi connectivity index (χ3v) is 8.01. The lowest BCUT2D eigenvalue weighted by molar-refractivity contribution is 0.0713. The largest absolute Gasteiger partial charge is 0.505 e. The van der Waals surface area contributed by atoms with Crippen molar-refractivity contribution in [1.82, 2.24) is 4.90 Å². The lowest BCUT2D eigenvalue weighted by Crippen LogP contribution is -2.38. The highest BCUT2D eigenvalue weighted by Gasteiger charge is 2.30. The van der Waals surface area contributed by atoms with Gasteiger partial charge in [0.25, 0.3) is 15.9 Å². The topological polar surface area (TPSA) is 86.7 Å². The van der Waals surface area contributed by atoms with Gasteiger partial charge < -0.3 is 10.0 Å². The van der Waals surface area contributed by atoms with Gasteiger partial charge in [-0.1, -0.05) is 35.9 Å². The maximum atomic E-state index is 14.9. The second-order valence-corrected chi connectivity index (χ2v) is 10.4. The van der Waals surface area contributed by atoms with Gasteiger partial charge in [0.05, 0.1) is 10.7 Å². The number of benzene rings is 3. The van der Waals surface area contributed by atoms with Crippen molar-refractivity contribution < 1.29 is 27.1 Å². The van der Waals surface area contributed by atoms with Crippen LogP contribution < -0.4 is 4.72 Å². The minimum atomic E-state index is -4.60. The first-order valence-corrected chi connectivity index (χ1v) is 12.4. The van der Waals surface area contributed by atoms with E-state index >= 15 is 0 Å². The van der Waals surface area contributed by atoms with Gasteiger partial charge in [-0.15, -0.1) is 0 Å². The zero-order chi connectivity index (χ0) is 24.2. The summed E-state index contributed by atoms with van der Waals surface area (Å²) in [7, 11) is -4.60. The van der Waals surface area contributed by atoms with Gasteiger partial charge in [-0.3, -0.25) is 9.52 Å². The Morgan fingerprint density at radius 1 is 1.00 bits per heavy atom. The van der Waals surface area contributed by atoms with Crippen LogP contribution in [-0.2, 0) is 10.0 Å². The standard InChI is InChI=1S/C24H19ClF2N2O4S/c25-18-9-14-10-22(23(18)30)34(32,33)28-21-11-17(19(26)12-20(21)27)16-4-2-1-3-15(16)13-5-7-29(8-6-13)24(14)31/h1-4,9-13,28,30H,5-8H2. The predicted octanol–water partition coefficient (Wildman–Crippen LogP) is 5.12. The summed E-state index contributed by atoms with van der Waals surface area (Å²) in [5.74, 6) is -3.15. The van der Waals surface area contributed by atoms with E-state index in [0.29, 0.717) is 37.6 Å². The van der Waals surface area contributed by atoms with Gasteiger partial charge in [0, 0.05) is 30.3 Å². The third-order valence-electron chi connectivity index (χ3n) is 6.34. The summed E-state index contributed by atoms with van der Waals surface area (Å²) < 4.78 is 57.9. The van der Waals surface area contributed by atoms with Crippen LogP contribution in [-0.4, -0.2) is 37.4 Å². The predicted molar refractivity (Wildman–Crippen MR) is 124 cm³/mol. The van der Waals surface area contributed by atoms with Gasteiger partial charge in [-0.05, 0) is 48.1 Å². The van der Waals surface area contributed by atoms with Gasteiger partial charge in [-0.2, -0.15) is 0 Å². The Kier molecular flexibility index (Phi) is 5.49. The maximum absolute atomic E-state index is 14.9. The molecule has 3 heterocycles. The number of halogens is 3. The van der Waals surface area contributed by atoms with Crippen LogP contribution in [0, 0.1) is 11.6 Å². The number of amides is 1. The minimum absolute atomic E-state index is 0.0165. The Labute approximate surface area is 199 Å². The molecule has 1 fully saturated rings. The van der Waals surface area contributed by atoms with Crippen LogP contribution in [0.4, 0.5) is 14.5 Å². The molecule has 0 atom stereocenters. The van der Waals surface area contributed by atoms with E-state index in [-0.39, 0.29) is 22.1 Å². The third kappa shape index (κ3) is 3.78. The van der Waals surface area contributed by atoms with Gasteiger partial charge in [0.2, 0.25) is 0 Å². The summed E-state index contributed by atoms with van der Waals surface area (Å²) in [4.78, 5) is 14.0. The van der Waals surface area contributed by atoms with E-state index in [0.717, 1.165) is 17.7 Å². The van der Waals surface area contributed by atoms with Gasteiger partial charge in [-0.25, -0.2) is 17.2 Å². The summed E-state index contributed by atoms with van der Waals surface area (Å²) in [5, 5.41) is 10.0. The fourth-order valence-corrected chi connectivity index (χ4v) is 6.09. The number of phenolic OH excluding ortho intramolecular Hbond substituents is 1. The monoisotopic (exact) mass is 504 g/mol. The molecule has 0 aromatic heterocycles. The number of carbonyl (C=O) groups excluding carboxylic acids is 1. The van der Waals surface area contributed by atoms with E-state index in [2.05, 4.69) is 4.72 Å². The second-order valence-electron chi connectivity index (χ2n) is 8.38. The Hall–Kier alpha value is -3.17. The molecule has 176 valence electrons. The van der Waals surface area contributed by atoms with Crippen molar-refractivity contribution in [3.05, 3.63) is 76.3 Å². The number of aromatic hydroxyl groups is 1. The molecule has 3 aliphatic heterocycles. The lowest BCUT2D eigenvalue weighted by atomic mass is 9.84. The van der Waals surface area contributed by atoms with Crippen LogP contribution in [0.1, 0.15) is 34.7 Å². The zero-order valence-electron chi connectivity index (χ0n) is 17.7. The molecule has 0 radical (unpaired) electrons. The van der Waals surface area contributed by atoms with Gasteiger partial charge in [0.1, 0.15) is 16.5 Å². The molecule has 3 aromatic rings. The first-order chi connectivity index (χ1) is 16.2. The number of phenols is 1. The highest BCUT2D eigenvalue weighted by Crippen LogP contribution is 2.40. The number of anilines is 1. The molecule has 6 nitrogen and oxygen atoms in total. The summed E-state index contributed by atoms with van der Waals surface area (Å²) >= 11 is 6.05. The molecule has 10 heteroatoms. The molecule has 34 heavy (non-hydrogen) atoms. The van der Waals surface area contributed by atoms with Crippen molar-refractivity contribution in [3.8, 4) is 16.9 Å². The molecule has 0 saturated carbocycles. The number of sulfonamides is 1. The smallest absolute Gasteiger partial charge is 0.265 e. The van der Waals surface area contributed by atoms with E-state index < -0.39 is 43.9 Å². The number of rotatable bonds is 0. The number of piperidine rings is 1. The molecule has 2 N–H and O–H groups in total. The number of hydrogen-bond donors (Lipinski definition) is 2. The number of nitrogens with zero attached hydrogens (tertiary/aromatic N) is 1. The molecule has 0 aliphatic carbocycles. The van der Waals surface area contributed by atoms with E-state index in [1.807, 2.05) is 12.1 Å². The molecule has 3 aromatic carbocycles. The Balaban J connectivity index is 1.77. The van der Waals surface area contributed by atoms with Gasteiger partial charge in [0.15, 0.2) is 5.75 Å². The molecular weight excluding hydrogens is 486 g/mol. The average molecular weight is 505 g/mol. The van der Waals surface area contributed by atoms with E-state index in [1.165, 1.54) is 6.07 Å². The van der Waals surface area contributed by atoms with E-state index in [1.54, 1.807) is 17.0 Å². The van der Waals surface area contributed by atoms with E-state index in [9.17, 15) is 27.1 Å². The van der Waals surface area contributed by atoms with Crippen molar-refractivity contribution in [1.29, 1.82) is 0 Å². The van der Waals surface area contributed by atoms with Crippen LogP contribution >= 0.6 is 11.6 Å². The van der Waals surface area contributed by atoms with Crippen molar-refractivity contribution in [3.63, 3.8) is 0 Å². The first-order valence-electron chi connectivity index (χ1n) is 10.6. The summed E-state index contributed by atoms with van der Waals surface area (Å²) in [6.45, 7) is 0.793. The normalized spacial score (nSPS) is 17.5. The lowest BCUT2D eigenvalue weighted by Gasteiger charge is -2.33. The maximum Gasteiger partial charge on any atom is 0.265 e. The van der Waals surface area contributed by atoms with Crippen LogP contribution in [0.3, 0.4) is 0 Å². The number of fused-ring (bicyclic) bond motifs is 3. The Bertz CT molecular complexity index is 1440. The summed E-state index contributed by atoms with van der Waals surface area (Å²) in [6, 6.07) is 11.1. The van der Waals surface area contributed by atoms with Gasteiger partial charge >= 0.3 is 0 Å². The van der Waals surface area contributed by atoms with E-state index in [4.69, 9.17) is 11.6 Å². The van der Waals surface area contributed by atoms with Crippen LogP contribution in [0.15, 0.2) is 53.4 Å². The number of hydrogen-bond acceptors (Lipinski definition) is 4. The Morgan fingerprint density at radius 3 is 2.44 bits per heavy atom. The molecule has 1 saturated heterocycles. The fourth-order valence-electron chi connectivity index (χ4n) is 4.61. The van der Waals surface area contributed by atoms with Crippen molar-refractivity contribution in [2.75, 3.05) is 17.8 Å². The number of carbonyl (C=O) groups is 1. The second kappa shape index (κ2) is 8.25. The molecular formula is C24H19ClF2N2O4S. The van der Waals surface area contributed by atoms with Crippen molar-refractivity contribution >= 4 is 33.2 Å². The SMILES string of the molecule is O=C1c2cc(Cl)c(O)c(c2)S(=O)(=O)Nc2cc(c(F)cc2F)-c2ccccc2C2CCN1CC2. The molecule has 3 aliphatic rings. The molecule has 0 spiro atoms. The highest BCUT2D eigenvalue weighted by molar-refractivity contribution is 7.92. The molecule has 6 rings (SSSR count). The minimum Gasteiger partial charge on any atom is -0.505 e. The van der Waals surface area contributed by atoms with Crippen LogP contribution in [0.25, 0.3) is 11.1 Å². The number of nitrogens with one attached hydrogen (secondary N) is 1. The molecule has 0 unspecified atom stereocenters. The average Bonchev–Trinajstić information content (AvgIpc) is 2.81. The Morgan fingerprint density at radius 2 is 1.71 bits per heavy atom. The quantitative estimate of drug-likeness (QED) is 0.444. The fraction of sp³-hybridized carbons (Fsp3) is 0.208. The molecule has 6 bridgehead atoms. The summed E-state index contributed by atoms with van der Waals surface area (Å²) in [5.41, 5.74) is 0.884. The van der Waals surface area contributed by atoms with Crippen molar-refractivity contribution in [2.24, 2.45) is 0 Å². The molecule has 1 amide bonds. The van der Waals surface area contributed by atoms with Crippen LogP contribution in [0.2, 0.25) is 5.02 Å². The van der Waals surface area contributed by atoms with Crippen molar-refractivity contribution in [2.45, 2.75) is 23.7 Å². The highest BCUT2D eigenvalue weighted by atomic mass is 35.5. The van der Waals surface area contributed by atoms with Crippen LogP contribution in [0.5, 0.6) is 5.75 Å². The first kappa shape index (κ1) is 22.6. The summed E-state index contributed by atoms with van der Waals surface area (Å²) in [6.07, 6.45) is 1.21.